The lowest BCUT2D eigenvalue weighted by molar-refractivity contribution is 0.0943. The highest BCUT2D eigenvalue weighted by atomic mass is 32.1. The van der Waals surface area contributed by atoms with Crippen molar-refractivity contribution in [1.29, 1.82) is 0 Å². The molecule has 1 amide bonds. The molecule has 25 heavy (non-hydrogen) atoms. The number of hydrogen-bond donors (Lipinski definition) is 2. The van der Waals surface area contributed by atoms with Gasteiger partial charge >= 0.3 is 0 Å². The fraction of sp³-hybridized carbons (Fsp3) is 0.389. The van der Waals surface area contributed by atoms with Crippen LogP contribution in [0.15, 0.2) is 16.7 Å². The van der Waals surface area contributed by atoms with Gasteiger partial charge in [0, 0.05) is 40.9 Å². The van der Waals surface area contributed by atoms with Gasteiger partial charge in [0.15, 0.2) is 0 Å². The number of rotatable bonds is 4. The Labute approximate surface area is 149 Å². The van der Waals surface area contributed by atoms with Crippen LogP contribution in [0.25, 0.3) is 22.4 Å². The standard InChI is InChI=1S/C18H20N4O2S/c1-9-4-13(11(3)25-9)15-5-14(16-10(2)22-24-18(16)21-15)17(23)20-8-12-6-19-7-12/h4-5,12,19H,6-8H2,1-3H3,(H,20,23). The van der Waals surface area contributed by atoms with Crippen LogP contribution in [0, 0.1) is 26.7 Å². The Kier molecular flexibility index (Phi) is 4.05. The van der Waals surface area contributed by atoms with Gasteiger partial charge in [0.05, 0.1) is 22.3 Å². The molecule has 0 bridgehead atoms. The number of fused-ring (bicyclic) bond motifs is 1. The molecule has 130 valence electrons. The maximum absolute atomic E-state index is 12.8. The molecule has 3 aromatic rings. The van der Waals surface area contributed by atoms with Crippen LogP contribution in [0.5, 0.6) is 0 Å². The highest BCUT2D eigenvalue weighted by molar-refractivity contribution is 7.12. The number of pyridine rings is 1. The molecule has 0 saturated carbocycles. The van der Waals surface area contributed by atoms with Gasteiger partial charge in [0.1, 0.15) is 0 Å². The molecule has 4 heterocycles. The van der Waals surface area contributed by atoms with Gasteiger partial charge in [-0.25, -0.2) is 4.98 Å². The average Bonchev–Trinajstić information content (AvgIpc) is 3.07. The zero-order valence-electron chi connectivity index (χ0n) is 14.5. The largest absolute Gasteiger partial charge is 0.352 e. The quantitative estimate of drug-likeness (QED) is 0.751. The number of thiophene rings is 1. The van der Waals surface area contributed by atoms with Gasteiger partial charge in [-0.05, 0) is 32.9 Å². The summed E-state index contributed by atoms with van der Waals surface area (Å²) in [6.07, 6.45) is 0. The number of hydrogen-bond acceptors (Lipinski definition) is 6. The SMILES string of the molecule is Cc1cc(-c2cc(C(=O)NCC3CNC3)c3c(C)noc3n2)c(C)s1. The van der Waals surface area contributed by atoms with E-state index in [2.05, 4.69) is 40.7 Å². The van der Waals surface area contributed by atoms with Crippen LogP contribution < -0.4 is 10.6 Å². The second kappa shape index (κ2) is 6.24. The molecule has 2 N–H and O–H groups in total. The van der Waals surface area contributed by atoms with E-state index in [0.29, 0.717) is 34.8 Å². The molecule has 1 fully saturated rings. The van der Waals surface area contributed by atoms with Crippen molar-refractivity contribution in [3.8, 4) is 11.3 Å². The first-order valence-electron chi connectivity index (χ1n) is 8.36. The van der Waals surface area contributed by atoms with Crippen LogP contribution >= 0.6 is 11.3 Å². The predicted octanol–water partition coefficient (Wildman–Crippen LogP) is 2.83. The Morgan fingerprint density at radius 1 is 1.36 bits per heavy atom. The number of aryl methyl sites for hydroxylation is 3. The lowest BCUT2D eigenvalue weighted by Crippen LogP contribution is -2.48. The van der Waals surface area contributed by atoms with Crippen molar-refractivity contribution in [1.82, 2.24) is 20.8 Å². The van der Waals surface area contributed by atoms with Crippen LogP contribution in [-0.2, 0) is 0 Å². The molecule has 0 atom stereocenters. The number of carbonyl (C=O) groups excluding carboxylic acids is 1. The Morgan fingerprint density at radius 2 is 2.16 bits per heavy atom. The Bertz CT molecular complexity index is 956. The molecule has 7 heteroatoms. The molecule has 6 nitrogen and oxygen atoms in total. The maximum Gasteiger partial charge on any atom is 0.259 e. The van der Waals surface area contributed by atoms with E-state index in [4.69, 9.17) is 4.52 Å². The first-order valence-corrected chi connectivity index (χ1v) is 9.18. The Hall–Kier alpha value is -2.25. The lowest BCUT2D eigenvalue weighted by Gasteiger charge is -2.27. The smallest absolute Gasteiger partial charge is 0.259 e. The summed E-state index contributed by atoms with van der Waals surface area (Å²) < 4.78 is 5.36. The third kappa shape index (κ3) is 2.94. The van der Waals surface area contributed by atoms with Crippen LogP contribution in [-0.4, -0.2) is 35.7 Å². The van der Waals surface area contributed by atoms with Crippen molar-refractivity contribution >= 4 is 28.3 Å². The average molecular weight is 356 g/mol. The highest BCUT2D eigenvalue weighted by Crippen LogP contribution is 2.32. The van der Waals surface area contributed by atoms with Crippen molar-refractivity contribution in [3.05, 3.63) is 33.1 Å². The molecule has 1 aliphatic rings. The molecule has 1 aliphatic heterocycles. The van der Waals surface area contributed by atoms with Gasteiger partial charge in [-0.1, -0.05) is 5.16 Å². The third-order valence-corrected chi connectivity index (χ3v) is 5.56. The minimum absolute atomic E-state index is 0.101. The summed E-state index contributed by atoms with van der Waals surface area (Å²) in [5, 5.41) is 10.9. The molecule has 0 unspecified atom stereocenters. The molecule has 1 saturated heterocycles. The van der Waals surface area contributed by atoms with E-state index in [9.17, 15) is 4.79 Å². The number of aromatic nitrogens is 2. The second-order valence-corrected chi connectivity index (χ2v) is 8.02. The maximum atomic E-state index is 12.8. The summed E-state index contributed by atoms with van der Waals surface area (Å²) in [6.45, 7) is 8.55. The number of amides is 1. The third-order valence-electron chi connectivity index (χ3n) is 4.60. The van der Waals surface area contributed by atoms with E-state index < -0.39 is 0 Å². The van der Waals surface area contributed by atoms with Gasteiger partial charge in [-0.15, -0.1) is 11.3 Å². The van der Waals surface area contributed by atoms with Crippen molar-refractivity contribution in [2.45, 2.75) is 20.8 Å². The first kappa shape index (κ1) is 16.2. The summed E-state index contributed by atoms with van der Waals surface area (Å²) in [6, 6.07) is 3.95. The molecule has 3 aromatic heterocycles. The summed E-state index contributed by atoms with van der Waals surface area (Å²) in [7, 11) is 0. The normalized spacial score (nSPS) is 14.7. The number of nitrogens with one attached hydrogen (secondary N) is 2. The van der Waals surface area contributed by atoms with Crippen molar-refractivity contribution < 1.29 is 9.32 Å². The van der Waals surface area contributed by atoms with Gasteiger partial charge in [0.2, 0.25) is 0 Å². The van der Waals surface area contributed by atoms with Crippen LogP contribution in [0.1, 0.15) is 25.8 Å². The van der Waals surface area contributed by atoms with Gasteiger partial charge in [-0.2, -0.15) is 0 Å². The van der Waals surface area contributed by atoms with E-state index in [-0.39, 0.29) is 5.91 Å². The number of carbonyl (C=O) groups is 1. The second-order valence-electron chi connectivity index (χ2n) is 6.56. The zero-order chi connectivity index (χ0) is 17.6. The zero-order valence-corrected chi connectivity index (χ0v) is 15.3. The Balaban J connectivity index is 1.76. The van der Waals surface area contributed by atoms with Gasteiger partial charge < -0.3 is 15.2 Å². The van der Waals surface area contributed by atoms with E-state index in [1.807, 2.05) is 13.0 Å². The fourth-order valence-electron chi connectivity index (χ4n) is 3.12. The molecule has 0 radical (unpaired) electrons. The predicted molar refractivity (Wildman–Crippen MR) is 98.0 cm³/mol. The Morgan fingerprint density at radius 3 is 2.80 bits per heavy atom. The van der Waals surface area contributed by atoms with E-state index >= 15 is 0 Å². The lowest BCUT2D eigenvalue weighted by atomic mass is 10.0. The van der Waals surface area contributed by atoms with Crippen LogP contribution in [0.2, 0.25) is 0 Å². The minimum atomic E-state index is -0.101. The number of nitrogens with zero attached hydrogens (tertiary/aromatic N) is 2. The summed E-state index contributed by atoms with van der Waals surface area (Å²) in [4.78, 5) is 19.8. The monoisotopic (exact) mass is 356 g/mol. The van der Waals surface area contributed by atoms with Crippen LogP contribution in [0.3, 0.4) is 0 Å². The van der Waals surface area contributed by atoms with E-state index in [0.717, 1.165) is 24.3 Å². The topological polar surface area (TPSA) is 80.0 Å². The van der Waals surface area contributed by atoms with Gasteiger partial charge in [-0.3, -0.25) is 4.79 Å². The van der Waals surface area contributed by atoms with Crippen molar-refractivity contribution in [3.63, 3.8) is 0 Å². The molecular formula is C18H20N4O2S. The summed E-state index contributed by atoms with van der Waals surface area (Å²) in [5.41, 5.74) is 3.46. The highest BCUT2D eigenvalue weighted by Gasteiger charge is 2.22. The van der Waals surface area contributed by atoms with Gasteiger partial charge in [0.25, 0.3) is 11.6 Å². The minimum Gasteiger partial charge on any atom is -0.352 e. The summed E-state index contributed by atoms with van der Waals surface area (Å²) in [5.74, 6) is 0.405. The molecule has 0 aliphatic carbocycles. The molecule has 4 rings (SSSR count). The fourth-order valence-corrected chi connectivity index (χ4v) is 4.06. The van der Waals surface area contributed by atoms with E-state index in [1.54, 1.807) is 11.3 Å². The molecular weight excluding hydrogens is 336 g/mol. The van der Waals surface area contributed by atoms with Crippen molar-refractivity contribution in [2.24, 2.45) is 5.92 Å². The summed E-state index contributed by atoms with van der Waals surface area (Å²) >= 11 is 1.72. The molecule has 0 spiro atoms. The van der Waals surface area contributed by atoms with E-state index in [1.165, 1.54) is 9.75 Å². The molecule has 0 aromatic carbocycles. The first-order chi connectivity index (χ1) is 12.0. The van der Waals surface area contributed by atoms with Crippen molar-refractivity contribution in [2.75, 3.05) is 19.6 Å². The van der Waals surface area contributed by atoms with Crippen LogP contribution in [0.4, 0.5) is 0 Å².